The molecule has 0 amide bonds. The summed E-state index contributed by atoms with van der Waals surface area (Å²) in [5, 5.41) is 21.7. The van der Waals surface area contributed by atoms with Gasteiger partial charge in [-0.25, -0.2) is 0 Å². The Hall–Kier alpha value is -2.62. The van der Waals surface area contributed by atoms with Crippen molar-refractivity contribution in [3.8, 4) is 11.5 Å². The van der Waals surface area contributed by atoms with Crippen molar-refractivity contribution in [2.45, 2.75) is 102 Å². The number of aldehydes is 2. The maximum Gasteiger partial charge on any atom is 0.153 e. The highest BCUT2D eigenvalue weighted by atomic mass is 16.3. The maximum atomic E-state index is 12.0. The number of carbonyl (C=O) groups excluding carboxylic acids is 2. The van der Waals surface area contributed by atoms with Gasteiger partial charge >= 0.3 is 0 Å². The van der Waals surface area contributed by atoms with Gasteiger partial charge in [0.25, 0.3) is 0 Å². The van der Waals surface area contributed by atoms with Gasteiger partial charge < -0.3 is 10.2 Å². The van der Waals surface area contributed by atoms with E-state index in [-0.39, 0.29) is 33.2 Å². The first-order valence-corrected chi connectivity index (χ1v) is 13.4. The zero-order chi connectivity index (χ0) is 26.3. The highest BCUT2D eigenvalue weighted by Crippen LogP contribution is 2.66. The first-order chi connectivity index (χ1) is 16.7. The van der Waals surface area contributed by atoms with Crippen molar-refractivity contribution in [3.05, 3.63) is 57.6 Å². The molecule has 0 atom stereocenters. The number of rotatable bonds is 4. The molecule has 4 nitrogen and oxygen atoms in total. The van der Waals surface area contributed by atoms with Crippen LogP contribution in [0.2, 0.25) is 0 Å². The lowest BCUT2D eigenvalue weighted by molar-refractivity contribution is -0.0282. The summed E-state index contributed by atoms with van der Waals surface area (Å²) in [6.45, 7) is 12.5. The lowest BCUT2D eigenvalue weighted by Gasteiger charge is -2.63. The molecule has 4 fully saturated rings. The Morgan fingerprint density at radius 3 is 1.36 bits per heavy atom. The Kier molecular flexibility index (Phi) is 5.52. The number of benzene rings is 2. The third-order valence-electron chi connectivity index (χ3n) is 9.43. The van der Waals surface area contributed by atoms with Gasteiger partial charge in [-0.05, 0) is 95.3 Å². The second kappa shape index (κ2) is 7.94. The van der Waals surface area contributed by atoms with Gasteiger partial charge in [0.15, 0.2) is 12.6 Å². The van der Waals surface area contributed by atoms with Crippen molar-refractivity contribution in [1.29, 1.82) is 0 Å². The molecule has 192 valence electrons. The SMILES string of the molecule is CC(C)(C)c1cc(C23CC4CC(C2)CC(c2cc(C=O)c(O)c(C(C)(C)C)c2)(C4)C3)cc(C=O)c1O. The van der Waals surface area contributed by atoms with Crippen molar-refractivity contribution in [2.24, 2.45) is 11.8 Å². The van der Waals surface area contributed by atoms with Gasteiger partial charge in [0.2, 0.25) is 0 Å². The maximum absolute atomic E-state index is 12.0. The van der Waals surface area contributed by atoms with E-state index in [2.05, 4.69) is 53.7 Å². The lowest BCUT2D eigenvalue weighted by atomic mass is 9.41. The quantitative estimate of drug-likeness (QED) is 0.450. The molecule has 0 heterocycles. The van der Waals surface area contributed by atoms with E-state index < -0.39 is 0 Å². The second-order valence-corrected chi connectivity index (χ2v) is 14.2. The van der Waals surface area contributed by atoms with Crippen molar-refractivity contribution in [1.82, 2.24) is 0 Å². The van der Waals surface area contributed by atoms with Gasteiger partial charge in [0, 0.05) is 11.1 Å². The molecule has 0 aromatic heterocycles. The van der Waals surface area contributed by atoms with Crippen molar-refractivity contribution in [2.75, 3.05) is 0 Å². The number of hydrogen-bond acceptors (Lipinski definition) is 4. The zero-order valence-electron chi connectivity index (χ0n) is 22.6. The van der Waals surface area contributed by atoms with Crippen LogP contribution in [0.1, 0.15) is 123 Å². The molecule has 2 aromatic rings. The smallest absolute Gasteiger partial charge is 0.153 e. The van der Waals surface area contributed by atoms with Crippen LogP contribution >= 0.6 is 0 Å². The van der Waals surface area contributed by atoms with E-state index >= 15 is 0 Å². The van der Waals surface area contributed by atoms with Crippen LogP contribution in [0, 0.1) is 11.8 Å². The monoisotopic (exact) mass is 488 g/mol. The highest BCUT2D eigenvalue weighted by Gasteiger charge is 2.59. The summed E-state index contributed by atoms with van der Waals surface area (Å²) in [7, 11) is 0. The molecule has 4 bridgehead atoms. The Labute approximate surface area is 215 Å². The van der Waals surface area contributed by atoms with E-state index in [0.29, 0.717) is 23.0 Å². The van der Waals surface area contributed by atoms with Crippen LogP contribution in [-0.2, 0) is 21.7 Å². The molecule has 0 aliphatic heterocycles. The summed E-state index contributed by atoms with van der Waals surface area (Å²) in [5.41, 5.74) is 4.09. The minimum absolute atomic E-state index is 0.0589. The van der Waals surface area contributed by atoms with Crippen LogP contribution < -0.4 is 0 Å². The summed E-state index contributed by atoms with van der Waals surface area (Å²) >= 11 is 0. The third kappa shape index (κ3) is 3.79. The van der Waals surface area contributed by atoms with E-state index in [9.17, 15) is 19.8 Å². The largest absolute Gasteiger partial charge is 0.507 e. The number of aromatic hydroxyl groups is 2. The van der Waals surface area contributed by atoms with Gasteiger partial charge in [-0.1, -0.05) is 53.7 Å². The molecule has 2 N–H and O–H groups in total. The third-order valence-corrected chi connectivity index (χ3v) is 9.43. The normalized spacial score (nSPS) is 29.4. The van der Waals surface area contributed by atoms with Gasteiger partial charge in [-0.3, -0.25) is 9.59 Å². The number of hydrogen-bond donors (Lipinski definition) is 2. The van der Waals surface area contributed by atoms with Crippen molar-refractivity contribution < 1.29 is 19.8 Å². The fourth-order valence-corrected chi connectivity index (χ4v) is 8.19. The fourth-order valence-electron chi connectivity index (χ4n) is 8.19. The Balaban J connectivity index is 1.68. The first-order valence-electron chi connectivity index (χ1n) is 13.4. The molecule has 4 aliphatic carbocycles. The summed E-state index contributed by atoms with van der Waals surface area (Å²) in [6, 6.07) is 8.20. The number of carbonyl (C=O) groups is 2. The van der Waals surface area contributed by atoms with E-state index in [0.717, 1.165) is 55.8 Å². The zero-order valence-corrected chi connectivity index (χ0v) is 22.6. The summed E-state index contributed by atoms with van der Waals surface area (Å²) in [4.78, 5) is 24.0. The lowest BCUT2D eigenvalue weighted by Crippen LogP contribution is -2.56. The second-order valence-electron chi connectivity index (χ2n) is 14.2. The van der Waals surface area contributed by atoms with Crippen molar-refractivity contribution in [3.63, 3.8) is 0 Å². The Bertz CT molecular complexity index is 1130. The average Bonchev–Trinajstić information content (AvgIpc) is 2.76. The minimum Gasteiger partial charge on any atom is -0.507 e. The van der Waals surface area contributed by atoms with Crippen LogP contribution in [-0.4, -0.2) is 22.8 Å². The molecule has 4 aliphatic rings. The van der Waals surface area contributed by atoms with Gasteiger partial charge in [0.1, 0.15) is 11.5 Å². The van der Waals surface area contributed by atoms with Crippen LogP contribution in [0.4, 0.5) is 0 Å². The van der Waals surface area contributed by atoms with Gasteiger partial charge in [0.05, 0.1) is 11.1 Å². The Morgan fingerprint density at radius 1 is 0.694 bits per heavy atom. The molecule has 6 rings (SSSR count). The molecule has 0 spiro atoms. The molecule has 2 aromatic carbocycles. The molecule has 4 heteroatoms. The van der Waals surface area contributed by atoms with E-state index in [1.165, 1.54) is 17.5 Å². The van der Waals surface area contributed by atoms with Crippen LogP contribution in [0.15, 0.2) is 24.3 Å². The molecule has 0 saturated heterocycles. The summed E-state index contributed by atoms with van der Waals surface area (Å²) in [6.07, 6.45) is 8.18. The van der Waals surface area contributed by atoms with Crippen LogP contribution in [0.5, 0.6) is 11.5 Å². The molecule has 36 heavy (non-hydrogen) atoms. The standard InChI is InChI=1S/C32H40O4/c1-29(2,3)25-10-23(8-21(16-33)27(25)35)31-12-19-7-20(13-31)15-32(14-19,18-31)24-9-22(17-34)28(36)26(11-24)30(4,5)6/h8-11,16-17,19-20,35-36H,7,12-15,18H2,1-6H3. The average molecular weight is 489 g/mol. The van der Waals surface area contributed by atoms with Crippen LogP contribution in [0.3, 0.4) is 0 Å². The van der Waals surface area contributed by atoms with Crippen molar-refractivity contribution >= 4 is 12.6 Å². The molecular weight excluding hydrogens is 448 g/mol. The van der Waals surface area contributed by atoms with E-state index in [1.54, 1.807) is 0 Å². The summed E-state index contributed by atoms with van der Waals surface area (Å²) in [5.74, 6) is 1.38. The molecule has 0 unspecified atom stereocenters. The van der Waals surface area contributed by atoms with Gasteiger partial charge in [-0.2, -0.15) is 0 Å². The fraction of sp³-hybridized carbons (Fsp3) is 0.562. The van der Waals surface area contributed by atoms with E-state index in [1.807, 2.05) is 12.1 Å². The predicted molar refractivity (Wildman–Crippen MR) is 142 cm³/mol. The predicted octanol–water partition coefficient (Wildman–Crippen LogP) is 7.11. The topological polar surface area (TPSA) is 74.6 Å². The summed E-state index contributed by atoms with van der Waals surface area (Å²) < 4.78 is 0. The number of phenols is 2. The number of phenolic OH excluding ortho intramolecular Hbond substituents is 2. The minimum atomic E-state index is -0.282. The first kappa shape index (κ1) is 25.0. The Morgan fingerprint density at radius 2 is 1.06 bits per heavy atom. The molecule has 0 radical (unpaired) electrons. The molecule has 4 saturated carbocycles. The van der Waals surface area contributed by atoms with Gasteiger partial charge in [-0.15, -0.1) is 0 Å². The van der Waals surface area contributed by atoms with E-state index in [4.69, 9.17) is 0 Å². The highest BCUT2D eigenvalue weighted by molar-refractivity contribution is 5.82. The van der Waals surface area contributed by atoms with Crippen LogP contribution in [0.25, 0.3) is 0 Å². The molecular formula is C32H40O4.